The molecule has 0 bridgehead atoms. The van der Waals surface area contributed by atoms with E-state index in [0.717, 1.165) is 28.8 Å². The Bertz CT molecular complexity index is 791. The van der Waals surface area contributed by atoms with E-state index in [1.165, 1.54) is 11.3 Å². The van der Waals surface area contributed by atoms with Crippen LogP contribution in [0.25, 0.3) is 10.8 Å². The Morgan fingerprint density at radius 2 is 2.33 bits per heavy atom. The van der Waals surface area contributed by atoms with E-state index < -0.39 is 0 Å². The Balaban J connectivity index is 1.47. The van der Waals surface area contributed by atoms with E-state index in [2.05, 4.69) is 22.3 Å². The summed E-state index contributed by atoms with van der Waals surface area (Å²) in [5, 5.41) is 9.83. The second-order valence-corrected chi connectivity index (χ2v) is 6.73. The monoisotopic (exact) mass is 344 g/mol. The number of aromatic nitrogens is 3. The Morgan fingerprint density at radius 1 is 1.46 bits per heavy atom. The highest BCUT2D eigenvalue weighted by atomic mass is 32.1. The molecule has 24 heavy (non-hydrogen) atoms. The van der Waals surface area contributed by atoms with Gasteiger partial charge in [-0.3, -0.25) is 9.48 Å². The van der Waals surface area contributed by atoms with Crippen molar-refractivity contribution < 1.29 is 9.21 Å². The number of aryl methyl sites for hydroxylation is 1. The Morgan fingerprint density at radius 3 is 3.04 bits per heavy atom. The number of nitrogens with one attached hydrogen (secondary N) is 1. The number of furan rings is 1. The average molecular weight is 344 g/mol. The molecule has 0 spiro atoms. The number of carbonyl (C=O) groups excluding carboxylic acids is 1. The van der Waals surface area contributed by atoms with Crippen molar-refractivity contribution in [3.05, 3.63) is 47.4 Å². The van der Waals surface area contributed by atoms with E-state index in [4.69, 9.17) is 4.42 Å². The minimum absolute atomic E-state index is 0.0187. The second kappa shape index (κ2) is 7.44. The first kappa shape index (κ1) is 16.4. The molecule has 0 aliphatic heterocycles. The Kier molecular flexibility index (Phi) is 5.10. The summed E-state index contributed by atoms with van der Waals surface area (Å²) in [4.78, 5) is 16.5. The number of hydrogen-bond acceptors (Lipinski definition) is 5. The lowest BCUT2D eigenvalue weighted by molar-refractivity contribution is -0.120. The van der Waals surface area contributed by atoms with E-state index in [-0.39, 0.29) is 12.3 Å². The SMILES string of the molecule is Cc1ccc(-c2nc(CC(=O)NC[C@H](C)Cn3cccn3)cs2)o1. The summed E-state index contributed by atoms with van der Waals surface area (Å²) >= 11 is 1.49. The van der Waals surface area contributed by atoms with Gasteiger partial charge in [-0.2, -0.15) is 5.10 Å². The summed E-state index contributed by atoms with van der Waals surface area (Å²) in [5.41, 5.74) is 0.765. The summed E-state index contributed by atoms with van der Waals surface area (Å²) in [7, 11) is 0. The van der Waals surface area contributed by atoms with Crippen LogP contribution in [0.2, 0.25) is 0 Å². The van der Waals surface area contributed by atoms with Gasteiger partial charge in [0.25, 0.3) is 0 Å². The summed E-state index contributed by atoms with van der Waals surface area (Å²) < 4.78 is 7.43. The molecule has 0 saturated heterocycles. The van der Waals surface area contributed by atoms with Gasteiger partial charge in [-0.1, -0.05) is 6.92 Å². The van der Waals surface area contributed by atoms with E-state index in [9.17, 15) is 4.79 Å². The lowest BCUT2D eigenvalue weighted by atomic mass is 10.2. The molecule has 0 radical (unpaired) electrons. The van der Waals surface area contributed by atoms with Gasteiger partial charge in [-0.15, -0.1) is 11.3 Å². The maximum absolute atomic E-state index is 12.1. The largest absolute Gasteiger partial charge is 0.459 e. The van der Waals surface area contributed by atoms with E-state index in [1.807, 2.05) is 41.4 Å². The zero-order valence-electron chi connectivity index (χ0n) is 13.7. The molecule has 1 amide bonds. The molecule has 0 unspecified atom stereocenters. The summed E-state index contributed by atoms with van der Waals surface area (Å²) in [6.45, 7) is 5.39. The van der Waals surface area contributed by atoms with Crippen LogP contribution in [-0.4, -0.2) is 27.2 Å². The highest BCUT2D eigenvalue weighted by molar-refractivity contribution is 7.13. The summed E-state index contributed by atoms with van der Waals surface area (Å²) in [6.07, 6.45) is 3.96. The molecular formula is C17H20N4O2S. The molecule has 0 fully saturated rings. The molecule has 1 atom stereocenters. The smallest absolute Gasteiger partial charge is 0.226 e. The minimum atomic E-state index is -0.0187. The normalized spacial score (nSPS) is 12.2. The molecule has 3 heterocycles. The number of amides is 1. The second-order valence-electron chi connectivity index (χ2n) is 5.87. The number of rotatable bonds is 7. The van der Waals surface area contributed by atoms with E-state index >= 15 is 0 Å². The lowest BCUT2D eigenvalue weighted by Gasteiger charge is -2.12. The van der Waals surface area contributed by atoms with Crippen LogP contribution in [0.3, 0.4) is 0 Å². The summed E-state index contributed by atoms with van der Waals surface area (Å²) in [6, 6.07) is 5.70. The van der Waals surface area contributed by atoms with Gasteiger partial charge in [-0.25, -0.2) is 4.98 Å². The van der Waals surface area contributed by atoms with Crippen LogP contribution in [-0.2, 0) is 17.8 Å². The van der Waals surface area contributed by atoms with Gasteiger partial charge >= 0.3 is 0 Å². The fraction of sp³-hybridized carbons (Fsp3) is 0.353. The first-order valence-electron chi connectivity index (χ1n) is 7.85. The van der Waals surface area contributed by atoms with Crippen molar-refractivity contribution in [3.63, 3.8) is 0 Å². The number of carbonyl (C=O) groups is 1. The minimum Gasteiger partial charge on any atom is -0.459 e. The van der Waals surface area contributed by atoms with Crippen molar-refractivity contribution in [1.82, 2.24) is 20.1 Å². The van der Waals surface area contributed by atoms with Gasteiger partial charge in [0, 0.05) is 30.9 Å². The molecule has 7 heteroatoms. The van der Waals surface area contributed by atoms with Crippen molar-refractivity contribution in [2.75, 3.05) is 6.54 Å². The van der Waals surface area contributed by atoms with Crippen molar-refractivity contribution in [3.8, 4) is 10.8 Å². The maximum atomic E-state index is 12.1. The predicted octanol–water partition coefficient (Wildman–Crippen LogP) is 2.90. The van der Waals surface area contributed by atoms with E-state index in [0.29, 0.717) is 12.5 Å². The van der Waals surface area contributed by atoms with Crippen LogP contribution in [0.4, 0.5) is 0 Å². The quantitative estimate of drug-likeness (QED) is 0.715. The van der Waals surface area contributed by atoms with Gasteiger partial charge < -0.3 is 9.73 Å². The van der Waals surface area contributed by atoms with Gasteiger partial charge in [0.15, 0.2) is 10.8 Å². The average Bonchev–Trinajstić information content (AvgIpc) is 3.27. The van der Waals surface area contributed by atoms with Crippen molar-refractivity contribution in [1.29, 1.82) is 0 Å². The number of hydrogen-bond donors (Lipinski definition) is 1. The zero-order chi connectivity index (χ0) is 16.9. The van der Waals surface area contributed by atoms with E-state index in [1.54, 1.807) is 6.20 Å². The fourth-order valence-electron chi connectivity index (χ4n) is 2.36. The highest BCUT2D eigenvalue weighted by Gasteiger charge is 2.12. The van der Waals surface area contributed by atoms with Gasteiger partial charge in [0.05, 0.1) is 12.1 Å². The van der Waals surface area contributed by atoms with Crippen molar-refractivity contribution in [2.45, 2.75) is 26.8 Å². The Hall–Kier alpha value is -2.41. The van der Waals surface area contributed by atoms with Crippen LogP contribution in [0.15, 0.2) is 40.4 Å². The molecule has 126 valence electrons. The van der Waals surface area contributed by atoms with Gasteiger partial charge in [0.2, 0.25) is 5.91 Å². The third-order valence-corrected chi connectivity index (χ3v) is 4.46. The highest BCUT2D eigenvalue weighted by Crippen LogP contribution is 2.25. The maximum Gasteiger partial charge on any atom is 0.226 e. The number of nitrogens with zero attached hydrogens (tertiary/aromatic N) is 3. The molecule has 0 saturated carbocycles. The third kappa shape index (κ3) is 4.32. The van der Waals surface area contributed by atoms with Gasteiger partial charge in [0.1, 0.15) is 5.76 Å². The predicted molar refractivity (Wildman–Crippen MR) is 92.7 cm³/mol. The third-order valence-electron chi connectivity index (χ3n) is 3.55. The van der Waals surface area contributed by atoms with Crippen LogP contribution < -0.4 is 5.32 Å². The van der Waals surface area contributed by atoms with Crippen molar-refractivity contribution in [2.24, 2.45) is 5.92 Å². The molecule has 6 nitrogen and oxygen atoms in total. The summed E-state index contributed by atoms with van der Waals surface area (Å²) in [5.74, 6) is 1.89. The molecule has 1 N–H and O–H groups in total. The first-order valence-corrected chi connectivity index (χ1v) is 8.73. The first-order chi connectivity index (χ1) is 11.6. The molecule has 0 aliphatic carbocycles. The van der Waals surface area contributed by atoms with Crippen LogP contribution in [0, 0.1) is 12.8 Å². The standard InChI is InChI=1S/C17H20N4O2S/c1-12(10-21-7-3-6-19-21)9-18-16(22)8-14-11-24-17(20-14)15-5-4-13(2)23-15/h3-7,11-12H,8-10H2,1-2H3,(H,18,22)/t12-/m0/s1. The molecule has 3 rings (SSSR count). The van der Waals surface area contributed by atoms with Gasteiger partial charge in [-0.05, 0) is 31.0 Å². The zero-order valence-corrected chi connectivity index (χ0v) is 14.5. The lowest BCUT2D eigenvalue weighted by Crippen LogP contribution is -2.31. The molecule has 0 aromatic carbocycles. The molecule has 0 aliphatic rings. The number of thiazole rings is 1. The van der Waals surface area contributed by atoms with Crippen molar-refractivity contribution >= 4 is 17.2 Å². The van der Waals surface area contributed by atoms with Crippen LogP contribution in [0.5, 0.6) is 0 Å². The van der Waals surface area contributed by atoms with Crippen LogP contribution in [0.1, 0.15) is 18.4 Å². The topological polar surface area (TPSA) is 73.0 Å². The fourth-order valence-corrected chi connectivity index (χ4v) is 3.14. The van der Waals surface area contributed by atoms with Crippen LogP contribution >= 0.6 is 11.3 Å². The Labute approximate surface area is 144 Å². The molecular weight excluding hydrogens is 324 g/mol. The molecule has 3 aromatic heterocycles. The molecule has 3 aromatic rings.